The molecule has 0 aromatic carbocycles. The minimum Gasteiger partial charge on any atom is -0.303 e. The third-order valence-corrected chi connectivity index (χ3v) is 6.06. The van der Waals surface area contributed by atoms with Crippen LogP contribution in [-0.4, -0.2) is 21.9 Å². The highest BCUT2D eigenvalue weighted by Crippen LogP contribution is 2.47. The first kappa shape index (κ1) is 12.4. The van der Waals surface area contributed by atoms with E-state index in [9.17, 15) is 4.79 Å². The molecule has 1 rings (SSSR count). The van der Waals surface area contributed by atoms with Crippen molar-refractivity contribution >= 4 is 29.8 Å². The first-order valence-corrected chi connectivity index (χ1v) is 7.51. The van der Waals surface area contributed by atoms with Crippen LogP contribution in [0, 0.1) is 0 Å². The average molecular weight is 232 g/mol. The van der Waals surface area contributed by atoms with E-state index in [-0.39, 0.29) is 4.08 Å². The Bertz CT molecular complexity index is 165. The molecule has 1 aliphatic heterocycles. The highest BCUT2D eigenvalue weighted by Gasteiger charge is 2.32. The van der Waals surface area contributed by atoms with Crippen molar-refractivity contribution in [2.75, 3.05) is 11.5 Å². The molecule has 1 nitrogen and oxygen atoms in total. The molecule has 1 heterocycles. The SMILES string of the molecule is CCCCCC1(CC=O)SCCCS1. The molecule has 82 valence electrons. The summed E-state index contributed by atoms with van der Waals surface area (Å²) in [5.74, 6) is 2.49. The maximum absolute atomic E-state index is 10.7. The zero-order valence-corrected chi connectivity index (χ0v) is 10.6. The van der Waals surface area contributed by atoms with Crippen LogP contribution in [-0.2, 0) is 4.79 Å². The Morgan fingerprint density at radius 3 is 2.57 bits per heavy atom. The molecular formula is C11H20OS2. The first-order valence-electron chi connectivity index (χ1n) is 5.54. The Hall–Kier alpha value is 0.370. The third-order valence-electron chi connectivity index (χ3n) is 2.57. The smallest absolute Gasteiger partial charge is 0.122 e. The fourth-order valence-corrected chi connectivity index (χ4v) is 5.04. The molecule has 0 aromatic rings. The predicted molar refractivity (Wildman–Crippen MR) is 67.1 cm³/mol. The van der Waals surface area contributed by atoms with Gasteiger partial charge < -0.3 is 4.79 Å². The van der Waals surface area contributed by atoms with Crippen LogP contribution in [0.25, 0.3) is 0 Å². The Balaban J connectivity index is 2.38. The fourth-order valence-electron chi connectivity index (χ4n) is 1.75. The van der Waals surface area contributed by atoms with E-state index >= 15 is 0 Å². The molecule has 0 spiro atoms. The molecule has 0 atom stereocenters. The van der Waals surface area contributed by atoms with Gasteiger partial charge in [-0.3, -0.25) is 0 Å². The van der Waals surface area contributed by atoms with E-state index in [4.69, 9.17) is 0 Å². The third kappa shape index (κ3) is 3.85. The van der Waals surface area contributed by atoms with Crippen molar-refractivity contribution in [1.82, 2.24) is 0 Å². The maximum atomic E-state index is 10.7. The summed E-state index contributed by atoms with van der Waals surface area (Å²) in [7, 11) is 0. The number of carbonyl (C=O) groups excluding carboxylic acids is 1. The van der Waals surface area contributed by atoms with Gasteiger partial charge in [0.1, 0.15) is 6.29 Å². The number of thioether (sulfide) groups is 2. The van der Waals surface area contributed by atoms with E-state index in [2.05, 4.69) is 6.92 Å². The molecule has 1 aliphatic rings. The van der Waals surface area contributed by atoms with Crippen molar-refractivity contribution in [2.24, 2.45) is 0 Å². The summed E-state index contributed by atoms with van der Waals surface area (Å²) < 4.78 is 0.245. The molecular weight excluding hydrogens is 212 g/mol. The van der Waals surface area contributed by atoms with E-state index in [0.717, 1.165) is 12.7 Å². The van der Waals surface area contributed by atoms with Crippen LogP contribution in [0.4, 0.5) is 0 Å². The van der Waals surface area contributed by atoms with Crippen molar-refractivity contribution in [3.63, 3.8) is 0 Å². The van der Waals surface area contributed by atoms with Crippen molar-refractivity contribution < 1.29 is 4.79 Å². The molecule has 0 saturated carbocycles. The van der Waals surface area contributed by atoms with Crippen LogP contribution >= 0.6 is 23.5 Å². The second-order valence-corrected chi connectivity index (χ2v) is 7.00. The number of carbonyl (C=O) groups is 1. The van der Waals surface area contributed by atoms with E-state index in [0.29, 0.717) is 0 Å². The van der Waals surface area contributed by atoms with Gasteiger partial charge in [-0.2, -0.15) is 0 Å². The molecule has 1 fully saturated rings. The highest BCUT2D eigenvalue weighted by atomic mass is 32.2. The molecule has 0 unspecified atom stereocenters. The minimum atomic E-state index is 0.245. The Kier molecular flexibility index (Phi) is 6.02. The van der Waals surface area contributed by atoms with Crippen LogP contribution in [0.1, 0.15) is 45.4 Å². The molecule has 14 heavy (non-hydrogen) atoms. The fraction of sp³-hybridized carbons (Fsp3) is 0.909. The van der Waals surface area contributed by atoms with E-state index in [1.54, 1.807) is 0 Å². The first-order chi connectivity index (χ1) is 6.83. The van der Waals surface area contributed by atoms with E-state index < -0.39 is 0 Å². The van der Waals surface area contributed by atoms with Gasteiger partial charge in [0.15, 0.2) is 0 Å². The second-order valence-electron chi connectivity index (χ2n) is 3.79. The molecule has 0 amide bonds. The van der Waals surface area contributed by atoms with Crippen molar-refractivity contribution in [2.45, 2.75) is 49.5 Å². The summed E-state index contributed by atoms with van der Waals surface area (Å²) in [5, 5.41) is 0. The number of unbranched alkanes of at least 4 members (excludes halogenated alkanes) is 2. The number of rotatable bonds is 6. The Labute approximate surface area is 95.8 Å². The Morgan fingerprint density at radius 2 is 2.00 bits per heavy atom. The molecule has 0 bridgehead atoms. The molecule has 0 aliphatic carbocycles. The largest absolute Gasteiger partial charge is 0.303 e. The lowest BCUT2D eigenvalue weighted by molar-refractivity contribution is -0.108. The molecule has 3 heteroatoms. The van der Waals surface area contributed by atoms with Gasteiger partial charge >= 0.3 is 0 Å². The lowest BCUT2D eigenvalue weighted by Gasteiger charge is -2.34. The number of hydrogen-bond donors (Lipinski definition) is 0. The van der Waals surface area contributed by atoms with Gasteiger partial charge in [0.2, 0.25) is 0 Å². The molecule has 0 N–H and O–H groups in total. The zero-order chi connectivity index (χ0) is 10.3. The number of aldehydes is 1. The van der Waals surface area contributed by atoms with Crippen molar-refractivity contribution in [3.8, 4) is 0 Å². The topological polar surface area (TPSA) is 17.1 Å². The molecule has 0 aromatic heterocycles. The van der Waals surface area contributed by atoms with Gasteiger partial charge in [-0.25, -0.2) is 0 Å². The van der Waals surface area contributed by atoms with Crippen molar-refractivity contribution in [1.29, 1.82) is 0 Å². The number of hydrogen-bond acceptors (Lipinski definition) is 3. The lowest BCUT2D eigenvalue weighted by Crippen LogP contribution is -2.25. The monoisotopic (exact) mass is 232 g/mol. The van der Waals surface area contributed by atoms with E-state index in [1.165, 1.54) is 43.6 Å². The summed E-state index contributed by atoms with van der Waals surface area (Å²) in [6.45, 7) is 2.23. The van der Waals surface area contributed by atoms with Crippen molar-refractivity contribution in [3.05, 3.63) is 0 Å². The summed E-state index contributed by atoms with van der Waals surface area (Å²) in [6.07, 6.45) is 8.24. The van der Waals surface area contributed by atoms with Gasteiger partial charge in [0, 0.05) is 6.42 Å². The van der Waals surface area contributed by atoms with Gasteiger partial charge in [-0.05, 0) is 24.3 Å². The average Bonchev–Trinajstić information content (AvgIpc) is 2.20. The predicted octanol–water partition coefficient (Wildman–Crippen LogP) is 3.72. The lowest BCUT2D eigenvalue weighted by atomic mass is 10.1. The van der Waals surface area contributed by atoms with Gasteiger partial charge in [-0.15, -0.1) is 23.5 Å². The normalized spacial score (nSPS) is 20.6. The Morgan fingerprint density at radius 1 is 1.29 bits per heavy atom. The highest BCUT2D eigenvalue weighted by molar-refractivity contribution is 8.18. The minimum absolute atomic E-state index is 0.245. The van der Waals surface area contributed by atoms with E-state index in [1.807, 2.05) is 23.5 Å². The van der Waals surface area contributed by atoms with Gasteiger partial charge in [0.25, 0.3) is 0 Å². The zero-order valence-electron chi connectivity index (χ0n) is 8.96. The second kappa shape index (κ2) is 6.78. The summed E-state index contributed by atoms with van der Waals surface area (Å²) in [6, 6.07) is 0. The maximum Gasteiger partial charge on any atom is 0.122 e. The molecule has 0 radical (unpaired) electrons. The summed E-state index contributed by atoms with van der Waals surface area (Å²) >= 11 is 4.03. The van der Waals surface area contributed by atoms with Crippen LogP contribution in [0.5, 0.6) is 0 Å². The summed E-state index contributed by atoms with van der Waals surface area (Å²) in [4.78, 5) is 10.7. The quantitative estimate of drug-likeness (QED) is 0.513. The van der Waals surface area contributed by atoms with Crippen LogP contribution in [0.15, 0.2) is 0 Å². The standard InChI is InChI=1S/C11H20OS2/c1-2-3-4-6-11(7-8-12)13-9-5-10-14-11/h8H,2-7,9-10H2,1H3. The molecule has 1 saturated heterocycles. The van der Waals surface area contributed by atoms with Crippen LogP contribution in [0.3, 0.4) is 0 Å². The van der Waals surface area contributed by atoms with Gasteiger partial charge in [0.05, 0.1) is 4.08 Å². The van der Waals surface area contributed by atoms with Crippen LogP contribution < -0.4 is 0 Å². The van der Waals surface area contributed by atoms with Crippen LogP contribution in [0.2, 0.25) is 0 Å². The van der Waals surface area contributed by atoms with Gasteiger partial charge in [-0.1, -0.05) is 26.2 Å². The summed E-state index contributed by atoms with van der Waals surface area (Å²) in [5.41, 5.74) is 0.